The zero-order valence-corrected chi connectivity index (χ0v) is 11.9. The van der Waals surface area contributed by atoms with Gasteiger partial charge in [0.25, 0.3) is 0 Å². The number of benzene rings is 1. The van der Waals surface area contributed by atoms with E-state index in [9.17, 15) is 4.79 Å². The van der Waals surface area contributed by atoms with E-state index in [-0.39, 0.29) is 25.2 Å². The van der Waals surface area contributed by atoms with Gasteiger partial charge in [-0.3, -0.25) is 4.79 Å². The number of hydrogen-bond acceptors (Lipinski definition) is 4. The van der Waals surface area contributed by atoms with Crippen molar-refractivity contribution in [1.29, 1.82) is 5.26 Å². The van der Waals surface area contributed by atoms with Gasteiger partial charge in [-0.05, 0) is 42.9 Å². The van der Waals surface area contributed by atoms with Crippen LogP contribution >= 0.6 is 0 Å². The van der Waals surface area contributed by atoms with Gasteiger partial charge in [-0.15, -0.1) is 0 Å². The van der Waals surface area contributed by atoms with Crippen LogP contribution in [-0.2, 0) is 11.2 Å². The number of amides is 1. The van der Waals surface area contributed by atoms with E-state index in [4.69, 9.17) is 15.1 Å². The Labute approximate surface area is 124 Å². The molecule has 21 heavy (non-hydrogen) atoms. The Bertz CT molecular complexity index is 503. The second-order valence-corrected chi connectivity index (χ2v) is 5.29. The molecule has 0 saturated heterocycles. The fraction of sp³-hybridized carbons (Fsp3) is 0.500. The molecular weight excluding hydrogens is 268 g/mol. The summed E-state index contributed by atoms with van der Waals surface area (Å²) in [6, 6.07) is 9.16. The Balaban J connectivity index is 1.82. The summed E-state index contributed by atoms with van der Waals surface area (Å²) in [6.45, 7) is 0.121. The first kappa shape index (κ1) is 15.3. The Kier molecular flexibility index (Phi) is 5.59. The Morgan fingerprint density at radius 1 is 1.43 bits per heavy atom. The number of carbonyl (C=O) groups excluding carboxylic acids is 1. The number of nitriles is 1. The van der Waals surface area contributed by atoms with Gasteiger partial charge < -0.3 is 15.2 Å². The predicted molar refractivity (Wildman–Crippen MR) is 77.6 cm³/mol. The highest BCUT2D eigenvalue weighted by Gasteiger charge is 2.31. The van der Waals surface area contributed by atoms with E-state index in [1.807, 2.05) is 18.2 Å². The molecule has 0 heterocycles. The van der Waals surface area contributed by atoms with Crippen LogP contribution in [0.3, 0.4) is 0 Å². The first-order valence-electron chi connectivity index (χ1n) is 7.22. The molecule has 1 atom stereocenters. The zero-order valence-electron chi connectivity index (χ0n) is 11.9. The van der Waals surface area contributed by atoms with Gasteiger partial charge in [-0.25, -0.2) is 0 Å². The van der Waals surface area contributed by atoms with E-state index in [1.54, 1.807) is 12.1 Å². The molecule has 1 unspecified atom stereocenters. The lowest BCUT2D eigenvalue weighted by molar-refractivity contribution is -0.121. The molecule has 5 nitrogen and oxygen atoms in total. The Morgan fingerprint density at radius 3 is 2.71 bits per heavy atom. The number of hydrogen-bond donors (Lipinski definition) is 2. The van der Waals surface area contributed by atoms with Crippen LogP contribution in [0.4, 0.5) is 0 Å². The first-order valence-corrected chi connectivity index (χ1v) is 7.22. The van der Waals surface area contributed by atoms with Crippen molar-refractivity contribution in [2.24, 2.45) is 5.92 Å². The topological polar surface area (TPSA) is 82.3 Å². The molecule has 1 aromatic rings. The molecule has 112 valence electrons. The molecular formula is C16H20N2O3. The van der Waals surface area contributed by atoms with Crippen LogP contribution in [-0.4, -0.2) is 30.3 Å². The molecule has 1 aliphatic rings. The van der Waals surface area contributed by atoms with Crippen molar-refractivity contribution in [2.75, 3.05) is 13.2 Å². The maximum atomic E-state index is 12.0. The third-order valence-corrected chi connectivity index (χ3v) is 3.57. The van der Waals surface area contributed by atoms with Crippen molar-refractivity contribution >= 4 is 5.91 Å². The van der Waals surface area contributed by atoms with E-state index in [1.165, 1.54) is 0 Å². The zero-order chi connectivity index (χ0) is 15.1. The second kappa shape index (κ2) is 7.65. The lowest BCUT2D eigenvalue weighted by Gasteiger charge is -2.17. The van der Waals surface area contributed by atoms with Crippen molar-refractivity contribution < 1.29 is 14.6 Å². The highest BCUT2D eigenvalue weighted by Crippen LogP contribution is 2.33. The van der Waals surface area contributed by atoms with Gasteiger partial charge in [-0.1, -0.05) is 12.1 Å². The molecule has 0 radical (unpaired) electrons. The molecule has 2 N–H and O–H groups in total. The second-order valence-electron chi connectivity index (χ2n) is 5.29. The molecule has 1 aliphatic carbocycles. The minimum Gasteiger partial charge on any atom is -0.479 e. The summed E-state index contributed by atoms with van der Waals surface area (Å²) in [5.41, 5.74) is 0.898. The minimum atomic E-state index is -0.0222. The van der Waals surface area contributed by atoms with E-state index in [0.717, 1.165) is 18.4 Å². The van der Waals surface area contributed by atoms with Gasteiger partial charge in [0, 0.05) is 12.6 Å². The summed E-state index contributed by atoms with van der Waals surface area (Å²) in [5.74, 6) is 1.13. The minimum absolute atomic E-state index is 0.0179. The summed E-state index contributed by atoms with van der Waals surface area (Å²) in [5, 5.41) is 20.5. The molecule has 5 heteroatoms. The van der Waals surface area contributed by atoms with Crippen LogP contribution in [0.25, 0.3) is 0 Å². The van der Waals surface area contributed by atoms with Crippen molar-refractivity contribution in [2.45, 2.75) is 31.7 Å². The molecule has 2 rings (SSSR count). The molecule has 0 aromatic heterocycles. The third-order valence-electron chi connectivity index (χ3n) is 3.57. The lowest BCUT2D eigenvalue weighted by Crippen LogP contribution is -2.38. The summed E-state index contributed by atoms with van der Waals surface area (Å²) >= 11 is 0. The predicted octanol–water partition coefficient (Wildman–Crippen LogP) is 1.41. The summed E-state index contributed by atoms with van der Waals surface area (Å²) in [4.78, 5) is 12.0. The number of aliphatic hydroxyl groups is 1. The molecule has 1 fully saturated rings. The quantitative estimate of drug-likeness (QED) is 0.757. The average Bonchev–Trinajstić information content (AvgIpc) is 3.31. The van der Waals surface area contributed by atoms with Gasteiger partial charge in [-0.2, -0.15) is 5.26 Å². The van der Waals surface area contributed by atoms with Crippen LogP contribution in [0.15, 0.2) is 24.3 Å². The van der Waals surface area contributed by atoms with E-state index in [2.05, 4.69) is 5.32 Å². The highest BCUT2D eigenvalue weighted by atomic mass is 16.5. The fourth-order valence-corrected chi connectivity index (χ4v) is 2.33. The van der Waals surface area contributed by atoms with Crippen molar-refractivity contribution in [3.8, 4) is 11.8 Å². The van der Waals surface area contributed by atoms with Gasteiger partial charge in [0.05, 0.1) is 6.42 Å². The molecule has 0 aliphatic heterocycles. The number of carbonyl (C=O) groups is 1. The van der Waals surface area contributed by atoms with Crippen LogP contribution < -0.4 is 10.1 Å². The molecule has 1 aromatic carbocycles. The van der Waals surface area contributed by atoms with Gasteiger partial charge in [0.15, 0.2) is 6.61 Å². The number of rotatable bonds is 8. The summed E-state index contributed by atoms with van der Waals surface area (Å²) in [6.07, 6.45) is 3.20. The molecule has 0 spiro atoms. The maximum Gasteiger partial charge on any atom is 0.224 e. The van der Waals surface area contributed by atoms with E-state index >= 15 is 0 Å². The van der Waals surface area contributed by atoms with Crippen LogP contribution in [0.2, 0.25) is 0 Å². The third kappa shape index (κ3) is 5.09. The normalized spacial score (nSPS) is 15.0. The lowest BCUT2D eigenvalue weighted by atomic mass is 10.1. The van der Waals surface area contributed by atoms with Gasteiger partial charge in [0.2, 0.25) is 5.91 Å². The van der Waals surface area contributed by atoms with Gasteiger partial charge >= 0.3 is 0 Å². The average molecular weight is 288 g/mol. The molecule has 1 saturated carbocycles. The Hall–Kier alpha value is -2.06. The fourth-order valence-electron chi connectivity index (χ4n) is 2.33. The number of nitrogens with one attached hydrogen (secondary N) is 1. The van der Waals surface area contributed by atoms with Crippen LogP contribution in [0.1, 0.15) is 24.8 Å². The van der Waals surface area contributed by atoms with Crippen molar-refractivity contribution in [3.63, 3.8) is 0 Å². The maximum absolute atomic E-state index is 12.0. The summed E-state index contributed by atoms with van der Waals surface area (Å²) in [7, 11) is 0. The molecule has 0 bridgehead atoms. The Morgan fingerprint density at radius 2 is 2.14 bits per heavy atom. The largest absolute Gasteiger partial charge is 0.479 e. The van der Waals surface area contributed by atoms with Crippen molar-refractivity contribution in [1.82, 2.24) is 5.32 Å². The first-order chi connectivity index (χ1) is 10.2. The smallest absolute Gasteiger partial charge is 0.224 e. The van der Waals surface area contributed by atoms with Crippen LogP contribution in [0, 0.1) is 17.2 Å². The highest BCUT2D eigenvalue weighted by molar-refractivity contribution is 5.79. The summed E-state index contributed by atoms with van der Waals surface area (Å²) < 4.78 is 5.16. The number of aliphatic hydroxyl groups excluding tert-OH is 1. The SMILES string of the molecule is N#CCOc1ccc(CC(=O)NC(CCO)C2CC2)cc1. The van der Waals surface area contributed by atoms with E-state index in [0.29, 0.717) is 24.5 Å². The monoisotopic (exact) mass is 288 g/mol. The standard InChI is InChI=1S/C16H20N2O3/c17-8-10-21-14-5-1-12(2-6-14)11-16(20)18-15(7-9-19)13-3-4-13/h1-2,5-6,13,15,19H,3-4,7,9-11H2,(H,18,20). The van der Waals surface area contributed by atoms with Gasteiger partial charge in [0.1, 0.15) is 11.8 Å². The van der Waals surface area contributed by atoms with Crippen LogP contribution in [0.5, 0.6) is 5.75 Å². The van der Waals surface area contributed by atoms with Crippen molar-refractivity contribution in [3.05, 3.63) is 29.8 Å². The molecule has 1 amide bonds. The van der Waals surface area contributed by atoms with E-state index < -0.39 is 0 Å². The number of ether oxygens (including phenoxy) is 1. The number of nitrogens with zero attached hydrogens (tertiary/aromatic N) is 1.